The third-order valence-corrected chi connectivity index (χ3v) is 4.85. The number of rotatable bonds is 3. The van der Waals surface area contributed by atoms with E-state index in [1.54, 1.807) is 12.4 Å². The van der Waals surface area contributed by atoms with Crippen LogP contribution in [0.2, 0.25) is 5.02 Å². The zero-order valence-electron chi connectivity index (χ0n) is 14.5. The molecule has 3 heterocycles. The van der Waals surface area contributed by atoms with Crippen molar-refractivity contribution in [3.05, 3.63) is 35.6 Å². The number of hydrogen-bond donors (Lipinski definition) is 3. The van der Waals surface area contributed by atoms with Gasteiger partial charge in [0.25, 0.3) is 0 Å². The van der Waals surface area contributed by atoms with Gasteiger partial charge >= 0.3 is 0 Å². The standard InChI is InChI=1S/C18H20ClN7/c1-11-2-3-13(20)10-26(9-11)18-21-8-15(19)17(24-18)23-14-4-5-16-12(6-14)7-22-25-16/h4-8,11,20H,2-3,9-10H2,1H3,(H,22,25)(H,21,23,24). The molecule has 134 valence electrons. The molecule has 0 aliphatic carbocycles. The third kappa shape index (κ3) is 3.48. The van der Waals surface area contributed by atoms with Gasteiger partial charge in [-0.05, 0) is 37.0 Å². The zero-order valence-corrected chi connectivity index (χ0v) is 15.2. The Morgan fingerprint density at radius 3 is 3.12 bits per heavy atom. The van der Waals surface area contributed by atoms with E-state index in [2.05, 4.69) is 37.3 Å². The van der Waals surface area contributed by atoms with Gasteiger partial charge in [-0.1, -0.05) is 18.5 Å². The van der Waals surface area contributed by atoms with Crippen molar-refractivity contribution >= 4 is 45.7 Å². The summed E-state index contributed by atoms with van der Waals surface area (Å²) >= 11 is 6.30. The van der Waals surface area contributed by atoms with Crippen molar-refractivity contribution in [2.75, 3.05) is 23.3 Å². The van der Waals surface area contributed by atoms with Crippen molar-refractivity contribution in [1.82, 2.24) is 20.2 Å². The van der Waals surface area contributed by atoms with Crippen molar-refractivity contribution < 1.29 is 0 Å². The quantitative estimate of drug-likeness (QED) is 0.648. The van der Waals surface area contributed by atoms with Gasteiger partial charge in [0, 0.05) is 23.3 Å². The van der Waals surface area contributed by atoms with E-state index in [0.29, 0.717) is 35.0 Å². The second-order valence-electron chi connectivity index (χ2n) is 6.79. The van der Waals surface area contributed by atoms with Gasteiger partial charge in [-0.25, -0.2) is 4.98 Å². The minimum Gasteiger partial charge on any atom is -0.339 e. The van der Waals surface area contributed by atoms with Gasteiger partial charge in [-0.2, -0.15) is 10.1 Å². The lowest BCUT2D eigenvalue weighted by Gasteiger charge is -2.23. The fraction of sp³-hybridized carbons (Fsp3) is 0.333. The van der Waals surface area contributed by atoms with E-state index in [9.17, 15) is 0 Å². The summed E-state index contributed by atoms with van der Waals surface area (Å²) in [6.07, 6.45) is 5.25. The van der Waals surface area contributed by atoms with E-state index >= 15 is 0 Å². The molecule has 8 heteroatoms. The first-order chi connectivity index (χ1) is 12.6. The normalized spacial score (nSPS) is 18.2. The molecule has 0 radical (unpaired) electrons. The fourth-order valence-electron chi connectivity index (χ4n) is 3.17. The van der Waals surface area contributed by atoms with Crippen LogP contribution in [0.1, 0.15) is 19.8 Å². The van der Waals surface area contributed by atoms with Crippen molar-refractivity contribution in [3.8, 4) is 0 Å². The Labute approximate surface area is 156 Å². The lowest BCUT2D eigenvalue weighted by Crippen LogP contribution is -2.31. The van der Waals surface area contributed by atoms with Crippen LogP contribution < -0.4 is 10.2 Å². The van der Waals surface area contributed by atoms with Gasteiger partial charge in [0.15, 0.2) is 5.82 Å². The molecule has 1 aliphatic heterocycles. The molecule has 0 spiro atoms. The van der Waals surface area contributed by atoms with E-state index in [4.69, 9.17) is 17.0 Å². The van der Waals surface area contributed by atoms with Crippen LogP contribution in [0.4, 0.5) is 17.5 Å². The van der Waals surface area contributed by atoms with Crippen LogP contribution in [0.5, 0.6) is 0 Å². The number of anilines is 3. The summed E-state index contributed by atoms with van der Waals surface area (Å²) in [5.41, 5.74) is 2.57. The summed E-state index contributed by atoms with van der Waals surface area (Å²) in [6.45, 7) is 3.59. The van der Waals surface area contributed by atoms with Crippen molar-refractivity contribution in [3.63, 3.8) is 0 Å². The van der Waals surface area contributed by atoms with Crippen LogP contribution in [-0.4, -0.2) is 39.0 Å². The maximum Gasteiger partial charge on any atom is 0.227 e. The molecule has 0 saturated carbocycles. The second kappa shape index (κ2) is 6.92. The Kier molecular flexibility index (Phi) is 4.46. The van der Waals surface area contributed by atoms with E-state index in [1.165, 1.54) is 0 Å². The predicted molar refractivity (Wildman–Crippen MR) is 105 cm³/mol. The number of halogens is 1. The molecule has 4 rings (SSSR count). The molecule has 0 bridgehead atoms. The summed E-state index contributed by atoms with van der Waals surface area (Å²) in [7, 11) is 0. The van der Waals surface area contributed by atoms with Crippen LogP contribution in [0.15, 0.2) is 30.6 Å². The molecule has 1 unspecified atom stereocenters. The van der Waals surface area contributed by atoms with Crippen LogP contribution in [0, 0.1) is 11.3 Å². The van der Waals surface area contributed by atoms with Gasteiger partial charge in [-0.3, -0.25) is 5.10 Å². The maximum atomic E-state index is 8.09. The van der Waals surface area contributed by atoms with Crippen LogP contribution in [-0.2, 0) is 0 Å². The van der Waals surface area contributed by atoms with Crippen LogP contribution >= 0.6 is 11.6 Å². The number of nitrogens with one attached hydrogen (secondary N) is 3. The number of H-pyrrole nitrogens is 1. The van der Waals surface area contributed by atoms with E-state index in [0.717, 1.165) is 36.0 Å². The Bertz CT molecular complexity index is 952. The van der Waals surface area contributed by atoms with Crippen LogP contribution in [0.3, 0.4) is 0 Å². The molecule has 7 nitrogen and oxygen atoms in total. The molecule has 3 aromatic rings. The number of benzene rings is 1. The third-order valence-electron chi connectivity index (χ3n) is 4.57. The average molecular weight is 370 g/mol. The SMILES string of the molecule is CC1CCC(=N)CN(c2ncc(Cl)c(Nc3ccc4[nH]ncc4c3)n2)C1. The summed E-state index contributed by atoms with van der Waals surface area (Å²) in [5.74, 6) is 1.65. The molecule has 0 amide bonds. The first-order valence-electron chi connectivity index (χ1n) is 8.62. The molecule has 3 N–H and O–H groups in total. The highest BCUT2D eigenvalue weighted by molar-refractivity contribution is 6.32. The summed E-state index contributed by atoms with van der Waals surface area (Å²) in [6, 6.07) is 5.89. The first-order valence-corrected chi connectivity index (χ1v) is 9.00. The van der Waals surface area contributed by atoms with Gasteiger partial charge in [-0.15, -0.1) is 0 Å². The number of fused-ring (bicyclic) bond motifs is 1. The maximum absolute atomic E-state index is 8.09. The molecular weight excluding hydrogens is 350 g/mol. The smallest absolute Gasteiger partial charge is 0.227 e. The summed E-state index contributed by atoms with van der Waals surface area (Å²) < 4.78 is 0. The monoisotopic (exact) mass is 369 g/mol. The van der Waals surface area contributed by atoms with Crippen molar-refractivity contribution in [2.45, 2.75) is 19.8 Å². The van der Waals surface area contributed by atoms with Gasteiger partial charge in [0.2, 0.25) is 5.95 Å². The number of aromatic amines is 1. The van der Waals surface area contributed by atoms with E-state index in [-0.39, 0.29) is 0 Å². The summed E-state index contributed by atoms with van der Waals surface area (Å²) in [4.78, 5) is 11.1. The van der Waals surface area contributed by atoms with Crippen LogP contribution in [0.25, 0.3) is 10.9 Å². The fourth-order valence-corrected chi connectivity index (χ4v) is 3.31. The second-order valence-corrected chi connectivity index (χ2v) is 7.20. The zero-order chi connectivity index (χ0) is 18.1. The minimum atomic E-state index is 0.457. The highest BCUT2D eigenvalue weighted by Gasteiger charge is 2.21. The molecule has 1 aromatic carbocycles. The highest BCUT2D eigenvalue weighted by Crippen LogP contribution is 2.27. The summed E-state index contributed by atoms with van der Waals surface area (Å²) in [5, 5.41) is 19.8. The number of hydrogen-bond acceptors (Lipinski definition) is 6. The Hall–Kier alpha value is -2.67. The molecule has 1 atom stereocenters. The lowest BCUT2D eigenvalue weighted by molar-refractivity contribution is 0.552. The predicted octanol–water partition coefficient (Wildman–Crippen LogP) is 4.01. The molecule has 2 aromatic heterocycles. The van der Waals surface area contributed by atoms with Gasteiger partial charge < -0.3 is 15.6 Å². The topological polar surface area (TPSA) is 93.6 Å². The number of nitrogens with zero attached hydrogens (tertiary/aromatic N) is 4. The number of aromatic nitrogens is 4. The van der Waals surface area contributed by atoms with Gasteiger partial charge in [0.1, 0.15) is 5.02 Å². The molecule has 1 fully saturated rings. The van der Waals surface area contributed by atoms with E-state index in [1.807, 2.05) is 18.2 Å². The van der Waals surface area contributed by atoms with Gasteiger partial charge in [0.05, 0.1) is 24.5 Å². The lowest BCUT2D eigenvalue weighted by atomic mass is 10.1. The molecule has 26 heavy (non-hydrogen) atoms. The average Bonchev–Trinajstić information content (AvgIpc) is 3.02. The molecule has 1 saturated heterocycles. The minimum absolute atomic E-state index is 0.457. The largest absolute Gasteiger partial charge is 0.339 e. The van der Waals surface area contributed by atoms with Crippen molar-refractivity contribution in [2.24, 2.45) is 5.92 Å². The molecular formula is C18H20ClN7. The Morgan fingerprint density at radius 1 is 1.35 bits per heavy atom. The Balaban J connectivity index is 1.62. The highest BCUT2D eigenvalue weighted by atomic mass is 35.5. The first kappa shape index (κ1) is 16.8. The Morgan fingerprint density at radius 2 is 2.23 bits per heavy atom. The molecule has 1 aliphatic rings. The van der Waals surface area contributed by atoms with Crippen molar-refractivity contribution in [1.29, 1.82) is 5.41 Å². The van der Waals surface area contributed by atoms with E-state index < -0.39 is 0 Å².